The largest absolute Gasteiger partial charge is 0.380 e. The lowest BCUT2D eigenvalue weighted by Gasteiger charge is -2.25. The lowest BCUT2D eigenvalue weighted by Crippen LogP contribution is -2.26. The van der Waals surface area contributed by atoms with Gasteiger partial charge in [-0.25, -0.2) is 4.68 Å². The standard InChI is InChI=1S/C16H20N4OS/c1-11-8-18-20(9-11)15-5-4-12(16(17)21)7-14(15)19-13-3-2-6-22-10-13/h4-5,7-9,13,19H,2-3,6,10H2,1H3,(H2,17,21)/t13-/m0/s1. The summed E-state index contributed by atoms with van der Waals surface area (Å²) in [5.41, 5.74) is 8.87. The lowest BCUT2D eigenvalue weighted by atomic mass is 10.1. The van der Waals surface area contributed by atoms with E-state index in [0.29, 0.717) is 11.6 Å². The van der Waals surface area contributed by atoms with E-state index in [9.17, 15) is 4.79 Å². The van der Waals surface area contributed by atoms with Crippen LogP contribution in [-0.2, 0) is 0 Å². The van der Waals surface area contributed by atoms with Crippen LogP contribution in [0.15, 0.2) is 30.6 Å². The second-order valence-corrected chi connectivity index (χ2v) is 6.77. The molecule has 2 heterocycles. The molecular weight excluding hydrogens is 296 g/mol. The van der Waals surface area contributed by atoms with Crippen LogP contribution < -0.4 is 11.1 Å². The minimum Gasteiger partial charge on any atom is -0.380 e. The second-order valence-electron chi connectivity index (χ2n) is 5.62. The van der Waals surface area contributed by atoms with Crippen LogP contribution in [0.25, 0.3) is 5.69 Å². The number of anilines is 1. The maximum atomic E-state index is 11.5. The maximum absolute atomic E-state index is 11.5. The van der Waals surface area contributed by atoms with Gasteiger partial charge in [-0.3, -0.25) is 4.79 Å². The van der Waals surface area contributed by atoms with Gasteiger partial charge in [0.2, 0.25) is 5.91 Å². The van der Waals surface area contributed by atoms with E-state index in [1.807, 2.05) is 47.9 Å². The van der Waals surface area contributed by atoms with E-state index in [0.717, 1.165) is 29.1 Å². The number of aryl methyl sites for hydroxylation is 1. The number of nitrogens with two attached hydrogens (primary N) is 1. The molecule has 0 bridgehead atoms. The molecule has 22 heavy (non-hydrogen) atoms. The Morgan fingerprint density at radius 1 is 1.50 bits per heavy atom. The van der Waals surface area contributed by atoms with Crippen LogP contribution in [0.1, 0.15) is 28.8 Å². The Labute approximate surface area is 134 Å². The van der Waals surface area contributed by atoms with Gasteiger partial charge in [0.05, 0.1) is 17.6 Å². The van der Waals surface area contributed by atoms with Crippen molar-refractivity contribution in [3.05, 3.63) is 41.7 Å². The number of nitrogens with one attached hydrogen (secondary N) is 1. The number of benzene rings is 1. The predicted octanol–water partition coefficient (Wildman–Crippen LogP) is 2.59. The molecular formula is C16H20N4OS. The molecule has 0 spiro atoms. The van der Waals surface area contributed by atoms with Gasteiger partial charge in [-0.2, -0.15) is 16.9 Å². The molecule has 1 aliphatic heterocycles. The molecule has 0 aliphatic carbocycles. The van der Waals surface area contributed by atoms with Gasteiger partial charge in [-0.1, -0.05) is 0 Å². The molecule has 1 amide bonds. The van der Waals surface area contributed by atoms with Crippen LogP contribution in [0.5, 0.6) is 0 Å². The Bertz CT molecular complexity index is 677. The van der Waals surface area contributed by atoms with Crippen molar-refractivity contribution in [3.8, 4) is 5.69 Å². The third-order valence-corrected chi connectivity index (χ3v) is 4.97. The monoisotopic (exact) mass is 316 g/mol. The minimum atomic E-state index is -0.413. The number of hydrogen-bond acceptors (Lipinski definition) is 4. The molecule has 1 saturated heterocycles. The van der Waals surface area contributed by atoms with Crippen LogP contribution in [0.4, 0.5) is 5.69 Å². The second kappa shape index (κ2) is 6.44. The van der Waals surface area contributed by atoms with Crippen molar-refractivity contribution in [2.24, 2.45) is 5.73 Å². The molecule has 0 radical (unpaired) electrons. The van der Waals surface area contributed by atoms with Gasteiger partial charge in [0, 0.05) is 23.6 Å². The Kier molecular flexibility index (Phi) is 4.38. The van der Waals surface area contributed by atoms with Gasteiger partial charge in [0.25, 0.3) is 0 Å². The smallest absolute Gasteiger partial charge is 0.248 e. The summed E-state index contributed by atoms with van der Waals surface area (Å²) in [6.45, 7) is 2.01. The molecule has 5 nitrogen and oxygen atoms in total. The molecule has 3 N–H and O–H groups in total. The first kappa shape index (κ1) is 15.0. The van der Waals surface area contributed by atoms with E-state index < -0.39 is 5.91 Å². The summed E-state index contributed by atoms with van der Waals surface area (Å²) in [5, 5.41) is 7.93. The van der Waals surface area contributed by atoms with Crippen molar-refractivity contribution < 1.29 is 4.79 Å². The van der Waals surface area contributed by atoms with Gasteiger partial charge in [0.1, 0.15) is 0 Å². The van der Waals surface area contributed by atoms with Crippen molar-refractivity contribution in [1.82, 2.24) is 9.78 Å². The van der Waals surface area contributed by atoms with Crippen molar-refractivity contribution >= 4 is 23.4 Å². The molecule has 1 aliphatic rings. The van der Waals surface area contributed by atoms with Crippen LogP contribution in [0.3, 0.4) is 0 Å². The zero-order chi connectivity index (χ0) is 15.5. The Morgan fingerprint density at radius 3 is 3.00 bits per heavy atom. The molecule has 1 atom stereocenters. The lowest BCUT2D eigenvalue weighted by molar-refractivity contribution is 0.100. The third kappa shape index (κ3) is 3.27. The Balaban J connectivity index is 1.95. The number of carbonyl (C=O) groups is 1. The van der Waals surface area contributed by atoms with Crippen molar-refractivity contribution in [3.63, 3.8) is 0 Å². The molecule has 1 aromatic carbocycles. The number of nitrogens with zero attached hydrogens (tertiary/aromatic N) is 2. The summed E-state index contributed by atoms with van der Waals surface area (Å²) in [5.74, 6) is 1.90. The Hall–Kier alpha value is -1.95. The van der Waals surface area contributed by atoms with Crippen LogP contribution in [0, 0.1) is 6.92 Å². The minimum absolute atomic E-state index is 0.413. The molecule has 6 heteroatoms. The normalized spacial score (nSPS) is 18.1. The first-order valence-electron chi connectivity index (χ1n) is 7.43. The first-order chi connectivity index (χ1) is 10.6. The molecule has 0 saturated carbocycles. The van der Waals surface area contributed by atoms with E-state index in [4.69, 9.17) is 5.73 Å². The number of hydrogen-bond donors (Lipinski definition) is 2. The maximum Gasteiger partial charge on any atom is 0.248 e. The van der Waals surface area contributed by atoms with E-state index in [2.05, 4.69) is 10.4 Å². The highest BCUT2D eigenvalue weighted by Gasteiger charge is 2.17. The number of thioether (sulfide) groups is 1. The molecule has 0 unspecified atom stereocenters. The third-order valence-electron chi connectivity index (χ3n) is 3.76. The van der Waals surface area contributed by atoms with E-state index >= 15 is 0 Å². The van der Waals surface area contributed by atoms with Gasteiger partial charge < -0.3 is 11.1 Å². The summed E-state index contributed by atoms with van der Waals surface area (Å²) in [6, 6.07) is 5.88. The fraction of sp³-hybridized carbons (Fsp3) is 0.375. The summed E-state index contributed by atoms with van der Waals surface area (Å²) >= 11 is 1.96. The molecule has 3 rings (SSSR count). The summed E-state index contributed by atoms with van der Waals surface area (Å²) < 4.78 is 1.83. The van der Waals surface area contributed by atoms with Crippen LogP contribution in [-0.4, -0.2) is 33.2 Å². The highest BCUT2D eigenvalue weighted by Crippen LogP contribution is 2.26. The predicted molar refractivity (Wildman–Crippen MR) is 90.8 cm³/mol. The van der Waals surface area contributed by atoms with Gasteiger partial charge >= 0.3 is 0 Å². The van der Waals surface area contributed by atoms with E-state index in [1.165, 1.54) is 12.2 Å². The van der Waals surface area contributed by atoms with Crippen LogP contribution in [0.2, 0.25) is 0 Å². The fourth-order valence-electron chi connectivity index (χ4n) is 2.62. The van der Waals surface area contributed by atoms with Gasteiger partial charge in [-0.15, -0.1) is 0 Å². The number of rotatable bonds is 4. The quantitative estimate of drug-likeness (QED) is 0.909. The van der Waals surface area contributed by atoms with Gasteiger partial charge in [0.15, 0.2) is 0 Å². The van der Waals surface area contributed by atoms with Crippen molar-refractivity contribution in [1.29, 1.82) is 0 Å². The highest BCUT2D eigenvalue weighted by atomic mass is 32.2. The number of aromatic nitrogens is 2. The summed E-state index contributed by atoms with van der Waals surface area (Å²) in [4.78, 5) is 11.5. The average molecular weight is 316 g/mol. The fourth-order valence-corrected chi connectivity index (χ4v) is 3.70. The SMILES string of the molecule is Cc1cnn(-c2ccc(C(N)=O)cc2N[C@H]2CCCSC2)c1. The molecule has 2 aromatic rings. The number of amides is 1. The molecule has 1 fully saturated rings. The van der Waals surface area contributed by atoms with Crippen molar-refractivity contribution in [2.75, 3.05) is 16.8 Å². The first-order valence-corrected chi connectivity index (χ1v) is 8.59. The summed E-state index contributed by atoms with van der Waals surface area (Å²) in [7, 11) is 0. The van der Waals surface area contributed by atoms with Crippen molar-refractivity contribution in [2.45, 2.75) is 25.8 Å². The van der Waals surface area contributed by atoms with E-state index in [-0.39, 0.29) is 0 Å². The number of primary amides is 1. The topological polar surface area (TPSA) is 72.9 Å². The van der Waals surface area contributed by atoms with E-state index in [1.54, 1.807) is 6.07 Å². The zero-order valence-electron chi connectivity index (χ0n) is 12.6. The Morgan fingerprint density at radius 2 is 2.36 bits per heavy atom. The summed E-state index contributed by atoms with van der Waals surface area (Å²) in [6.07, 6.45) is 6.15. The van der Waals surface area contributed by atoms with Crippen LogP contribution >= 0.6 is 11.8 Å². The highest BCUT2D eigenvalue weighted by molar-refractivity contribution is 7.99. The zero-order valence-corrected chi connectivity index (χ0v) is 13.4. The number of carbonyl (C=O) groups excluding carboxylic acids is 1. The van der Waals surface area contributed by atoms with Gasteiger partial charge in [-0.05, 0) is 49.3 Å². The molecule has 1 aromatic heterocycles. The average Bonchev–Trinajstić information content (AvgIpc) is 2.94. The molecule has 116 valence electrons.